The number of ether oxygens (including phenoxy) is 2. The zero-order valence-corrected chi connectivity index (χ0v) is 10.8. The van der Waals surface area contributed by atoms with Gasteiger partial charge in [-0.15, -0.1) is 0 Å². The Bertz CT molecular complexity index is 476. The molecule has 2 N–H and O–H groups in total. The van der Waals surface area contributed by atoms with Crippen molar-refractivity contribution in [2.45, 2.75) is 19.4 Å². The minimum atomic E-state index is -1.07. The lowest BCUT2D eigenvalue weighted by Crippen LogP contribution is -2.34. The second kappa shape index (κ2) is 6.84. The van der Waals surface area contributed by atoms with Gasteiger partial charge in [0, 0.05) is 6.42 Å². The number of carbonyl (C=O) groups is 2. The molecule has 6 heteroatoms. The van der Waals surface area contributed by atoms with E-state index < -0.39 is 23.6 Å². The molecule has 0 spiro atoms. The van der Waals surface area contributed by atoms with Crippen LogP contribution in [0.3, 0.4) is 0 Å². The number of Topliss-reactive ketones (excluding diaryl/α,β-unsaturated/α-hetero) is 1. The van der Waals surface area contributed by atoms with Gasteiger partial charge in [0.2, 0.25) is 0 Å². The van der Waals surface area contributed by atoms with Crippen LogP contribution in [0.4, 0.5) is 4.39 Å². The molecule has 0 heterocycles. The highest BCUT2D eigenvalue weighted by molar-refractivity contribution is 6.01. The van der Waals surface area contributed by atoms with Crippen molar-refractivity contribution in [2.24, 2.45) is 5.73 Å². The van der Waals surface area contributed by atoms with Crippen LogP contribution in [0.1, 0.15) is 23.7 Å². The largest absolute Gasteiger partial charge is 0.496 e. The zero-order valence-electron chi connectivity index (χ0n) is 10.8. The average Bonchev–Trinajstić information content (AvgIpc) is 2.38. The Labute approximate surface area is 110 Å². The highest BCUT2D eigenvalue weighted by atomic mass is 19.1. The lowest BCUT2D eigenvalue weighted by atomic mass is 10.0. The molecule has 19 heavy (non-hydrogen) atoms. The van der Waals surface area contributed by atoms with E-state index in [1.165, 1.54) is 19.2 Å². The van der Waals surface area contributed by atoms with Crippen molar-refractivity contribution in [3.05, 3.63) is 29.6 Å². The molecule has 5 nitrogen and oxygen atoms in total. The minimum Gasteiger partial charge on any atom is -0.496 e. The summed E-state index contributed by atoms with van der Waals surface area (Å²) in [6.07, 6.45) is -0.265. The first-order valence-electron chi connectivity index (χ1n) is 5.78. The van der Waals surface area contributed by atoms with E-state index in [9.17, 15) is 14.0 Å². The van der Waals surface area contributed by atoms with Gasteiger partial charge in [-0.05, 0) is 25.1 Å². The highest BCUT2D eigenvalue weighted by Gasteiger charge is 2.22. The number of benzene rings is 1. The predicted molar refractivity (Wildman–Crippen MR) is 66.5 cm³/mol. The summed E-state index contributed by atoms with van der Waals surface area (Å²) in [5.74, 6) is -1.46. The molecule has 0 amide bonds. The van der Waals surface area contributed by atoms with Crippen LogP contribution in [-0.2, 0) is 9.53 Å². The van der Waals surface area contributed by atoms with Crippen molar-refractivity contribution in [1.82, 2.24) is 0 Å². The van der Waals surface area contributed by atoms with Crippen LogP contribution in [0.25, 0.3) is 0 Å². The number of esters is 1. The molecule has 0 aliphatic carbocycles. The third-order valence-corrected chi connectivity index (χ3v) is 2.46. The first-order valence-corrected chi connectivity index (χ1v) is 5.78. The molecular weight excluding hydrogens is 253 g/mol. The fraction of sp³-hybridized carbons (Fsp3) is 0.385. The summed E-state index contributed by atoms with van der Waals surface area (Å²) in [6.45, 7) is 1.83. The Hall–Kier alpha value is -1.95. The van der Waals surface area contributed by atoms with Gasteiger partial charge in [0.25, 0.3) is 0 Å². The summed E-state index contributed by atoms with van der Waals surface area (Å²) in [6, 6.07) is 2.51. The average molecular weight is 269 g/mol. The van der Waals surface area contributed by atoms with Gasteiger partial charge in [-0.25, -0.2) is 4.39 Å². The number of halogens is 1. The highest BCUT2D eigenvalue weighted by Crippen LogP contribution is 2.21. The van der Waals surface area contributed by atoms with Crippen molar-refractivity contribution < 1.29 is 23.5 Å². The van der Waals surface area contributed by atoms with E-state index in [0.717, 1.165) is 6.07 Å². The van der Waals surface area contributed by atoms with Crippen molar-refractivity contribution >= 4 is 11.8 Å². The van der Waals surface area contributed by atoms with E-state index in [-0.39, 0.29) is 24.3 Å². The molecule has 0 aliphatic heterocycles. The Morgan fingerprint density at radius 1 is 1.42 bits per heavy atom. The fourth-order valence-corrected chi connectivity index (χ4v) is 1.54. The van der Waals surface area contributed by atoms with Gasteiger partial charge in [-0.1, -0.05) is 0 Å². The van der Waals surface area contributed by atoms with E-state index in [1.807, 2.05) is 0 Å². The molecule has 0 saturated heterocycles. The number of hydrogen-bond acceptors (Lipinski definition) is 5. The number of methoxy groups -OCH3 is 1. The first-order chi connectivity index (χ1) is 8.99. The second-order valence-electron chi connectivity index (χ2n) is 3.83. The smallest absolute Gasteiger partial charge is 0.323 e. The van der Waals surface area contributed by atoms with Crippen LogP contribution >= 0.6 is 0 Å². The molecule has 0 saturated carbocycles. The molecule has 1 unspecified atom stereocenters. The lowest BCUT2D eigenvalue weighted by Gasteiger charge is -2.11. The normalized spacial score (nSPS) is 11.8. The summed E-state index contributed by atoms with van der Waals surface area (Å²) >= 11 is 0. The maximum atomic E-state index is 13.1. The standard InChI is InChI=1S/C13H16FNO4/c1-3-19-13(17)10(15)7-11(16)9-6-8(14)4-5-12(9)18-2/h4-6,10H,3,7,15H2,1-2H3. The van der Waals surface area contributed by atoms with Gasteiger partial charge in [-0.3, -0.25) is 9.59 Å². The Kier molecular flexibility index (Phi) is 5.44. The molecule has 0 fully saturated rings. The maximum Gasteiger partial charge on any atom is 0.323 e. The quantitative estimate of drug-likeness (QED) is 0.622. The Morgan fingerprint density at radius 2 is 2.11 bits per heavy atom. The SMILES string of the molecule is CCOC(=O)C(N)CC(=O)c1cc(F)ccc1OC. The van der Waals surface area contributed by atoms with Gasteiger partial charge >= 0.3 is 5.97 Å². The number of carbonyl (C=O) groups excluding carboxylic acids is 2. The first kappa shape index (κ1) is 15.1. The van der Waals surface area contributed by atoms with E-state index >= 15 is 0 Å². The minimum absolute atomic E-state index is 0.0576. The van der Waals surface area contributed by atoms with Gasteiger partial charge in [0.15, 0.2) is 5.78 Å². The van der Waals surface area contributed by atoms with Crippen LogP contribution in [0.2, 0.25) is 0 Å². The molecule has 0 bridgehead atoms. The molecule has 1 rings (SSSR count). The van der Waals surface area contributed by atoms with E-state index in [1.54, 1.807) is 6.92 Å². The van der Waals surface area contributed by atoms with Gasteiger partial charge in [0.1, 0.15) is 17.6 Å². The summed E-state index contributed by atoms with van der Waals surface area (Å²) in [7, 11) is 1.37. The van der Waals surface area contributed by atoms with E-state index in [4.69, 9.17) is 15.2 Å². The van der Waals surface area contributed by atoms with E-state index in [0.29, 0.717) is 0 Å². The third kappa shape index (κ3) is 4.03. The summed E-state index contributed by atoms with van der Waals surface area (Å²) < 4.78 is 22.8. The maximum absolute atomic E-state index is 13.1. The van der Waals surface area contributed by atoms with Crippen LogP contribution < -0.4 is 10.5 Å². The molecule has 0 radical (unpaired) electrons. The fourth-order valence-electron chi connectivity index (χ4n) is 1.54. The molecule has 0 aromatic heterocycles. The molecule has 1 aromatic rings. The van der Waals surface area contributed by atoms with Gasteiger partial charge in [0.05, 0.1) is 19.3 Å². The Balaban J connectivity index is 2.83. The zero-order chi connectivity index (χ0) is 14.4. The summed E-state index contributed by atoms with van der Waals surface area (Å²) in [5.41, 5.74) is 5.60. The second-order valence-corrected chi connectivity index (χ2v) is 3.83. The molecule has 104 valence electrons. The summed E-state index contributed by atoms with van der Waals surface area (Å²) in [5, 5.41) is 0. The molecule has 0 aliphatic rings. The monoisotopic (exact) mass is 269 g/mol. The van der Waals surface area contributed by atoms with Gasteiger partial charge in [-0.2, -0.15) is 0 Å². The molecule has 1 atom stereocenters. The topological polar surface area (TPSA) is 78.6 Å². The van der Waals surface area contributed by atoms with Crippen molar-refractivity contribution in [2.75, 3.05) is 13.7 Å². The molecule has 1 aromatic carbocycles. The number of hydrogen-bond donors (Lipinski definition) is 1. The number of rotatable bonds is 6. The summed E-state index contributed by atoms with van der Waals surface area (Å²) in [4.78, 5) is 23.3. The van der Waals surface area contributed by atoms with Crippen LogP contribution in [0, 0.1) is 5.82 Å². The van der Waals surface area contributed by atoms with Crippen LogP contribution in [0.5, 0.6) is 5.75 Å². The molecular formula is C13H16FNO4. The van der Waals surface area contributed by atoms with Crippen molar-refractivity contribution in [3.8, 4) is 5.75 Å². The number of ketones is 1. The van der Waals surface area contributed by atoms with Crippen molar-refractivity contribution in [1.29, 1.82) is 0 Å². The van der Waals surface area contributed by atoms with Crippen LogP contribution in [0.15, 0.2) is 18.2 Å². The lowest BCUT2D eigenvalue weighted by molar-refractivity contribution is -0.144. The van der Waals surface area contributed by atoms with Crippen LogP contribution in [-0.4, -0.2) is 31.5 Å². The van der Waals surface area contributed by atoms with Crippen molar-refractivity contribution in [3.63, 3.8) is 0 Å². The number of nitrogens with two attached hydrogens (primary N) is 1. The predicted octanol–water partition coefficient (Wildman–Crippen LogP) is 1.30. The van der Waals surface area contributed by atoms with E-state index in [2.05, 4.69) is 0 Å². The Morgan fingerprint density at radius 3 is 2.68 bits per heavy atom. The van der Waals surface area contributed by atoms with Gasteiger partial charge < -0.3 is 15.2 Å². The third-order valence-electron chi connectivity index (χ3n) is 2.46.